The normalized spacial score (nSPS) is 9.79. The molecule has 0 fully saturated rings. The number of thioether (sulfide) groups is 1. The Bertz CT molecular complexity index is 857. The van der Waals surface area contributed by atoms with Gasteiger partial charge >= 0.3 is 0 Å². The third-order valence-electron chi connectivity index (χ3n) is 2.98. The molecule has 0 spiro atoms. The fourth-order valence-corrected chi connectivity index (χ4v) is 2.83. The fraction of sp³-hybridized carbons (Fsp3) is 0.125. The molecule has 0 atom stereocenters. The summed E-state index contributed by atoms with van der Waals surface area (Å²) >= 11 is 6.97. The number of anilines is 1. The number of amides is 1. The molecule has 0 saturated heterocycles. The van der Waals surface area contributed by atoms with Crippen LogP contribution in [0.4, 0.5) is 5.82 Å². The first-order valence-corrected chi connectivity index (χ1v) is 8.14. The summed E-state index contributed by atoms with van der Waals surface area (Å²) in [5, 5.41) is 21.7. The number of nitrogens with two attached hydrogens (primary N) is 1. The van der Waals surface area contributed by atoms with Gasteiger partial charge in [0.05, 0.1) is 16.9 Å². The number of benzene rings is 1. The Labute approximate surface area is 148 Å². The highest BCUT2D eigenvalue weighted by Gasteiger charge is 2.12. The predicted molar refractivity (Wildman–Crippen MR) is 92.1 cm³/mol. The molecule has 0 aliphatic rings. The molecule has 0 aliphatic carbocycles. The number of pyridine rings is 1. The smallest absolute Gasteiger partial charge is 0.230 e. The molecule has 0 saturated carbocycles. The van der Waals surface area contributed by atoms with Gasteiger partial charge in [-0.05, 0) is 23.8 Å². The van der Waals surface area contributed by atoms with Crippen molar-refractivity contribution in [2.75, 3.05) is 11.5 Å². The van der Waals surface area contributed by atoms with Crippen LogP contribution in [0.2, 0.25) is 5.02 Å². The number of nitriles is 2. The van der Waals surface area contributed by atoms with Gasteiger partial charge in [0.25, 0.3) is 0 Å². The maximum Gasteiger partial charge on any atom is 0.230 e. The van der Waals surface area contributed by atoms with E-state index in [1.165, 1.54) is 6.07 Å². The number of aromatic nitrogens is 1. The summed E-state index contributed by atoms with van der Waals surface area (Å²) in [6.45, 7) is 0.355. The molecule has 0 bridgehead atoms. The average Bonchev–Trinajstić information content (AvgIpc) is 2.58. The van der Waals surface area contributed by atoms with Gasteiger partial charge in [0.15, 0.2) is 0 Å². The van der Waals surface area contributed by atoms with Gasteiger partial charge in [0.1, 0.15) is 23.0 Å². The first kappa shape index (κ1) is 17.6. The van der Waals surface area contributed by atoms with Crippen molar-refractivity contribution >= 4 is 35.1 Å². The number of hydrogen-bond donors (Lipinski definition) is 2. The highest BCUT2D eigenvalue weighted by atomic mass is 35.5. The van der Waals surface area contributed by atoms with E-state index in [-0.39, 0.29) is 28.6 Å². The molecule has 1 aromatic heterocycles. The molecule has 0 radical (unpaired) electrons. The first-order chi connectivity index (χ1) is 11.5. The number of rotatable bonds is 5. The third kappa shape index (κ3) is 4.63. The lowest BCUT2D eigenvalue weighted by molar-refractivity contribution is -0.118. The molecule has 0 aliphatic heterocycles. The number of nitrogens with zero attached hydrogens (tertiary/aromatic N) is 3. The molecule has 1 heterocycles. The third-order valence-corrected chi connectivity index (χ3v) is 4.20. The van der Waals surface area contributed by atoms with E-state index in [2.05, 4.69) is 10.3 Å². The highest BCUT2D eigenvalue weighted by molar-refractivity contribution is 8.00. The van der Waals surface area contributed by atoms with E-state index in [0.29, 0.717) is 16.6 Å². The summed E-state index contributed by atoms with van der Waals surface area (Å²) in [7, 11) is 0. The number of hydrogen-bond acceptors (Lipinski definition) is 6. The summed E-state index contributed by atoms with van der Waals surface area (Å²) < 4.78 is 0. The van der Waals surface area contributed by atoms with Crippen LogP contribution in [0.3, 0.4) is 0 Å². The number of carbonyl (C=O) groups is 1. The molecule has 3 N–H and O–H groups in total. The van der Waals surface area contributed by atoms with Crippen LogP contribution in [-0.2, 0) is 11.3 Å². The minimum atomic E-state index is -0.214. The van der Waals surface area contributed by atoms with Gasteiger partial charge in [-0.3, -0.25) is 4.79 Å². The van der Waals surface area contributed by atoms with E-state index in [1.807, 2.05) is 18.2 Å². The lowest BCUT2D eigenvalue weighted by Gasteiger charge is -2.07. The maximum absolute atomic E-state index is 11.9. The van der Waals surface area contributed by atoms with E-state index < -0.39 is 0 Å². The Morgan fingerprint density at radius 3 is 2.71 bits per heavy atom. The van der Waals surface area contributed by atoms with E-state index in [9.17, 15) is 4.79 Å². The van der Waals surface area contributed by atoms with E-state index in [1.54, 1.807) is 18.2 Å². The summed E-state index contributed by atoms with van der Waals surface area (Å²) in [6.07, 6.45) is 0. The van der Waals surface area contributed by atoms with Crippen LogP contribution in [0.15, 0.2) is 35.4 Å². The SMILES string of the molecule is N#Cc1cc(C#N)c(SCC(=O)NCc2cccc(Cl)c2)nc1N. The summed E-state index contributed by atoms with van der Waals surface area (Å²) in [4.78, 5) is 15.9. The minimum absolute atomic E-state index is 0.0401. The zero-order valence-electron chi connectivity index (χ0n) is 12.4. The molecular formula is C16H12ClN5OS. The van der Waals surface area contributed by atoms with E-state index >= 15 is 0 Å². The van der Waals surface area contributed by atoms with Crippen LogP contribution in [-0.4, -0.2) is 16.6 Å². The Kier molecular flexibility index (Phi) is 6.02. The quantitative estimate of drug-likeness (QED) is 0.794. The monoisotopic (exact) mass is 357 g/mol. The van der Waals surface area contributed by atoms with Gasteiger partial charge in [-0.1, -0.05) is 35.5 Å². The standard InChI is InChI=1S/C16H12ClN5OS/c17-13-3-1-2-10(4-13)8-21-14(23)9-24-16-12(7-19)5-11(6-18)15(20)22-16/h1-5H,8-9H2,(H2,20,22)(H,21,23). The van der Waals surface area contributed by atoms with Crippen LogP contribution in [0.1, 0.15) is 16.7 Å². The fourth-order valence-electron chi connectivity index (χ4n) is 1.82. The molecule has 6 nitrogen and oxygen atoms in total. The molecular weight excluding hydrogens is 346 g/mol. The highest BCUT2D eigenvalue weighted by Crippen LogP contribution is 2.23. The second kappa shape index (κ2) is 8.21. The van der Waals surface area contributed by atoms with Crippen LogP contribution in [0.25, 0.3) is 0 Å². The molecule has 0 unspecified atom stereocenters. The predicted octanol–water partition coefficient (Wildman–Crippen LogP) is 2.47. The number of carbonyl (C=O) groups excluding carboxylic acids is 1. The van der Waals surface area contributed by atoms with Crippen molar-refractivity contribution in [3.63, 3.8) is 0 Å². The Balaban J connectivity index is 1.96. The molecule has 1 aromatic carbocycles. The molecule has 2 aromatic rings. The summed E-state index contributed by atoms with van der Waals surface area (Å²) in [6, 6.07) is 12.4. The first-order valence-electron chi connectivity index (χ1n) is 6.78. The van der Waals surface area contributed by atoms with Crippen LogP contribution in [0, 0.1) is 22.7 Å². The topological polar surface area (TPSA) is 116 Å². The zero-order chi connectivity index (χ0) is 17.5. The van der Waals surface area contributed by atoms with Gasteiger partial charge < -0.3 is 11.1 Å². The van der Waals surface area contributed by atoms with Crippen molar-refractivity contribution in [3.05, 3.63) is 52.0 Å². The maximum atomic E-state index is 11.9. The number of nitrogen functional groups attached to an aromatic ring is 1. The average molecular weight is 358 g/mol. The molecule has 2 rings (SSSR count). The van der Waals surface area contributed by atoms with Crippen LogP contribution < -0.4 is 11.1 Å². The number of halogens is 1. The van der Waals surface area contributed by atoms with Crippen molar-refractivity contribution in [3.8, 4) is 12.1 Å². The summed E-state index contributed by atoms with van der Waals surface area (Å²) in [5.74, 6) is -0.0972. The number of nitrogens with one attached hydrogen (secondary N) is 1. The Morgan fingerprint density at radius 1 is 1.29 bits per heavy atom. The molecule has 120 valence electrons. The van der Waals surface area contributed by atoms with Gasteiger partial charge in [-0.15, -0.1) is 0 Å². The lowest BCUT2D eigenvalue weighted by atomic mass is 10.2. The van der Waals surface area contributed by atoms with Gasteiger partial charge in [0, 0.05) is 11.6 Å². The van der Waals surface area contributed by atoms with Crippen molar-refractivity contribution < 1.29 is 4.79 Å². The van der Waals surface area contributed by atoms with Crippen molar-refractivity contribution in [2.24, 2.45) is 0 Å². The molecule has 1 amide bonds. The molecule has 8 heteroatoms. The van der Waals surface area contributed by atoms with E-state index in [0.717, 1.165) is 17.3 Å². The largest absolute Gasteiger partial charge is 0.383 e. The Hall–Kier alpha value is -2.74. The van der Waals surface area contributed by atoms with E-state index in [4.69, 9.17) is 27.9 Å². The van der Waals surface area contributed by atoms with Crippen LogP contribution in [0.5, 0.6) is 0 Å². The van der Waals surface area contributed by atoms with Crippen molar-refractivity contribution in [1.82, 2.24) is 10.3 Å². The van der Waals surface area contributed by atoms with Crippen molar-refractivity contribution in [1.29, 1.82) is 10.5 Å². The van der Waals surface area contributed by atoms with Gasteiger partial charge in [0.2, 0.25) is 5.91 Å². The summed E-state index contributed by atoms with van der Waals surface area (Å²) in [5.41, 5.74) is 6.89. The van der Waals surface area contributed by atoms with Crippen LogP contribution >= 0.6 is 23.4 Å². The Morgan fingerprint density at radius 2 is 2.04 bits per heavy atom. The lowest BCUT2D eigenvalue weighted by Crippen LogP contribution is -2.24. The van der Waals surface area contributed by atoms with Gasteiger partial charge in [-0.25, -0.2) is 4.98 Å². The second-order valence-electron chi connectivity index (χ2n) is 4.69. The van der Waals surface area contributed by atoms with Gasteiger partial charge in [-0.2, -0.15) is 10.5 Å². The zero-order valence-corrected chi connectivity index (χ0v) is 14.0. The molecule has 24 heavy (non-hydrogen) atoms. The minimum Gasteiger partial charge on any atom is -0.383 e. The second-order valence-corrected chi connectivity index (χ2v) is 6.09. The van der Waals surface area contributed by atoms with Crippen molar-refractivity contribution in [2.45, 2.75) is 11.6 Å².